The maximum absolute atomic E-state index is 11.9. The van der Waals surface area contributed by atoms with Gasteiger partial charge in [-0.25, -0.2) is 0 Å². The van der Waals surface area contributed by atoms with Gasteiger partial charge in [-0.05, 0) is 37.1 Å². The summed E-state index contributed by atoms with van der Waals surface area (Å²) in [6.45, 7) is 4.52. The minimum atomic E-state index is -0.0586. The molecule has 94 valence electrons. The summed E-state index contributed by atoms with van der Waals surface area (Å²) in [5, 5.41) is 2.87. The summed E-state index contributed by atoms with van der Waals surface area (Å²) in [5.41, 5.74) is 1.66. The number of alkyl halides is 1. The van der Waals surface area contributed by atoms with Crippen LogP contribution in [0.1, 0.15) is 35.7 Å². The molecule has 0 aliphatic carbocycles. The number of amides is 1. The van der Waals surface area contributed by atoms with E-state index in [4.69, 9.17) is 11.6 Å². The summed E-state index contributed by atoms with van der Waals surface area (Å²) in [4.78, 5) is 11.9. The molecule has 0 saturated heterocycles. The van der Waals surface area contributed by atoms with E-state index in [1.54, 1.807) is 0 Å². The molecule has 0 heterocycles. The van der Waals surface area contributed by atoms with Crippen LogP contribution in [0.25, 0.3) is 0 Å². The lowest BCUT2D eigenvalue weighted by Gasteiger charge is -2.11. The van der Waals surface area contributed by atoms with E-state index < -0.39 is 0 Å². The highest BCUT2D eigenvalue weighted by Gasteiger charge is 2.10. The van der Waals surface area contributed by atoms with Gasteiger partial charge in [0.25, 0.3) is 5.91 Å². The molecule has 0 aliphatic heterocycles. The molecule has 0 bridgehead atoms. The Kier molecular flexibility index (Phi) is 6.00. The van der Waals surface area contributed by atoms with Crippen molar-refractivity contribution in [3.63, 3.8) is 0 Å². The summed E-state index contributed by atoms with van der Waals surface area (Å²) in [6.07, 6.45) is 1.95. The Bertz CT molecular complexity index is 395. The number of rotatable bonds is 5. The van der Waals surface area contributed by atoms with Crippen LogP contribution in [0.2, 0.25) is 0 Å². The average Bonchev–Trinajstić information content (AvgIpc) is 2.26. The molecule has 1 aromatic carbocycles. The molecule has 1 atom stereocenters. The number of benzene rings is 1. The van der Waals surface area contributed by atoms with Gasteiger partial charge in [-0.1, -0.05) is 29.3 Å². The molecule has 1 amide bonds. The van der Waals surface area contributed by atoms with E-state index in [2.05, 4.69) is 28.2 Å². The average molecular weight is 319 g/mol. The summed E-state index contributed by atoms with van der Waals surface area (Å²) in [6, 6.07) is 5.61. The topological polar surface area (TPSA) is 29.1 Å². The van der Waals surface area contributed by atoms with Gasteiger partial charge in [0, 0.05) is 16.6 Å². The van der Waals surface area contributed by atoms with Crippen LogP contribution in [0.5, 0.6) is 0 Å². The minimum Gasteiger partial charge on any atom is -0.351 e. The van der Waals surface area contributed by atoms with Gasteiger partial charge >= 0.3 is 0 Å². The molecule has 1 rings (SSSR count). The first-order valence-corrected chi connectivity index (χ1v) is 6.96. The molecule has 1 N–H and O–H groups in total. The van der Waals surface area contributed by atoms with E-state index in [9.17, 15) is 4.79 Å². The van der Waals surface area contributed by atoms with Crippen LogP contribution in [0, 0.1) is 6.92 Å². The normalized spacial score (nSPS) is 12.2. The zero-order valence-electron chi connectivity index (χ0n) is 10.1. The highest BCUT2D eigenvalue weighted by molar-refractivity contribution is 9.10. The van der Waals surface area contributed by atoms with Crippen molar-refractivity contribution in [1.82, 2.24) is 5.32 Å². The molecule has 1 aromatic rings. The smallest absolute Gasteiger partial charge is 0.251 e. The fourth-order valence-electron chi connectivity index (χ4n) is 1.60. The van der Waals surface area contributed by atoms with Gasteiger partial charge in [-0.2, -0.15) is 0 Å². The van der Waals surface area contributed by atoms with E-state index in [1.165, 1.54) is 0 Å². The van der Waals surface area contributed by atoms with Crippen molar-refractivity contribution in [3.05, 3.63) is 33.8 Å². The Labute approximate surface area is 116 Å². The molecule has 0 radical (unpaired) electrons. The first-order valence-electron chi connectivity index (χ1n) is 5.73. The van der Waals surface area contributed by atoms with Crippen molar-refractivity contribution in [2.45, 2.75) is 32.1 Å². The maximum atomic E-state index is 11.9. The second-order valence-electron chi connectivity index (χ2n) is 4.06. The number of nitrogens with one attached hydrogen (secondary N) is 1. The summed E-state index contributed by atoms with van der Waals surface area (Å²) < 4.78 is 0.979. The van der Waals surface area contributed by atoms with Crippen molar-refractivity contribution in [1.29, 1.82) is 0 Å². The highest BCUT2D eigenvalue weighted by Crippen LogP contribution is 2.15. The van der Waals surface area contributed by atoms with E-state index in [0.717, 1.165) is 22.9 Å². The monoisotopic (exact) mass is 317 g/mol. The Hall–Kier alpha value is -0.540. The molecular weight excluding hydrogens is 302 g/mol. The summed E-state index contributed by atoms with van der Waals surface area (Å²) in [5.74, 6) is -0.0586. The van der Waals surface area contributed by atoms with E-state index >= 15 is 0 Å². The third kappa shape index (κ3) is 4.68. The third-order valence-electron chi connectivity index (χ3n) is 2.52. The van der Waals surface area contributed by atoms with Gasteiger partial charge in [-0.15, -0.1) is 11.6 Å². The lowest BCUT2D eigenvalue weighted by atomic mass is 10.1. The van der Waals surface area contributed by atoms with Crippen molar-refractivity contribution in [2.24, 2.45) is 0 Å². The zero-order valence-corrected chi connectivity index (χ0v) is 12.4. The van der Waals surface area contributed by atoms with Gasteiger partial charge in [0.1, 0.15) is 0 Å². The fourth-order valence-corrected chi connectivity index (χ4v) is 2.37. The number of halogens is 2. The summed E-state index contributed by atoms with van der Waals surface area (Å²) >= 11 is 9.43. The van der Waals surface area contributed by atoms with Crippen LogP contribution in [0.4, 0.5) is 0 Å². The van der Waals surface area contributed by atoms with E-state index in [0.29, 0.717) is 12.1 Å². The summed E-state index contributed by atoms with van der Waals surface area (Å²) in [7, 11) is 0. The number of hydrogen-bond donors (Lipinski definition) is 1. The van der Waals surface area contributed by atoms with Crippen LogP contribution in [-0.4, -0.2) is 17.8 Å². The molecule has 0 saturated carbocycles. The van der Waals surface area contributed by atoms with Crippen LogP contribution < -0.4 is 5.32 Å². The largest absolute Gasteiger partial charge is 0.351 e. The van der Waals surface area contributed by atoms with Crippen LogP contribution in [0.15, 0.2) is 22.7 Å². The number of carbonyl (C=O) groups is 1. The van der Waals surface area contributed by atoms with Crippen molar-refractivity contribution in [3.8, 4) is 0 Å². The first-order chi connectivity index (χ1) is 8.04. The number of carbonyl (C=O) groups excluding carboxylic acids is 1. The zero-order chi connectivity index (χ0) is 12.8. The molecular formula is C13H17BrClNO. The predicted octanol–water partition coefficient (Wildman–Crippen LogP) is 3.89. The maximum Gasteiger partial charge on any atom is 0.251 e. The van der Waals surface area contributed by atoms with Crippen LogP contribution in [-0.2, 0) is 0 Å². The second kappa shape index (κ2) is 7.02. The molecule has 17 heavy (non-hydrogen) atoms. The fraction of sp³-hybridized carbons (Fsp3) is 0.462. The molecule has 0 fully saturated rings. The highest BCUT2D eigenvalue weighted by atomic mass is 79.9. The van der Waals surface area contributed by atoms with Gasteiger partial charge in [0.15, 0.2) is 0 Å². The van der Waals surface area contributed by atoms with Crippen LogP contribution in [0.3, 0.4) is 0 Å². The van der Waals surface area contributed by atoms with Crippen molar-refractivity contribution < 1.29 is 4.79 Å². The van der Waals surface area contributed by atoms with Crippen molar-refractivity contribution >= 4 is 33.4 Å². The van der Waals surface area contributed by atoms with Gasteiger partial charge in [-0.3, -0.25) is 4.79 Å². The third-order valence-corrected chi connectivity index (χ3v) is 3.38. The molecule has 2 nitrogen and oxygen atoms in total. The van der Waals surface area contributed by atoms with Gasteiger partial charge in [0.05, 0.1) is 5.38 Å². The van der Waals surface area contributed by atoms with Crippen LogP contribution >= 0.6 is 27.5 Å². The Morgan fingerprint density at radius 1 is 1.53 bits per heavy atom. The van der Waals surface area contributed by atoms with E-state index in [-0.39, 0.29) is 11.3 Å². The Morgan fingerprint density at radius 2 is 2.24 bits per heavy atom. The SMILES string of the molecule is CCCC(Cl)CNC(=O)c1ccc(Br)cc1C. The lowest BCUT2D eigenvalue weighted by molar-refractivity contribution is 0.0952. The Balaban J connectivity index is 2.58. The number of hydrogen-bond acceptors (Lipinski definition) is 1. The van der Waals surface area contributed by atoms with Gasteiger partial charge < -0.3 is 5.32 Å². The van der Waals surface area contributed by atoms with Gasteiger partial charge in [0.2, 0.25) is 0 Å². The molecule has 0 spiro atoms. The molecule has 4 heteroatoms. The minimum absolute atomic E-state index is 0.0136. The second-order valence-corrected chi connectivity index (χ2v) is 5.59. The van der Waals surface area contributed by atoms with Crippen molar-refractivity contribution in [2.75, 3.05) is 6.54 Å². The molecule has 1 unspecified atom stereocenters. The molecule has 0 aromatic heterocycles. The Morgan fingerprint density at radius 3 is 2.82 bits per heavy atom. The molecule has 0 aliphatic rings. The quantitative estimate of drug-likeness (QED) is 0.820. The predicted molar refractivity (Wildman–Crippen MR) is 75.8 cm³/mol. The first kappa shape index (κ1) is 14.5. The number of aryl methyl sites for hydroxylation is 1. The lowest BCUT2D eigenvalue weighted by Crippen LogP contribution is -2.30. The standard InChI is InChI=1S/C13H17BrClNO/c1-3-4-11(15)8-16-13(17)12-6-5-10(14)7-9(12)2/h5-7,11H,3-4,8H2,1-2H3,(H,16,17). The van der Waals surface area contributed by atoms with E-state index in [1.807, 2.05) is 25.1 Å².